The third kappa shape index (κ3) is 3.35. The van der Waals surface area contributed by atoms with Crippen molar-refractivity contribution in [1.29, 1.82) is 0 Å². The van der Waals surface area contributed by atoms with E-state index in [1.54, 1.807) is 4.90 Å². The van der Waals surface area contributed by atoms with E-state index < -0.39 is 11.4 Å². The van der Waals surface area contributed by atoms with E-state index in [1.807, 2.05) is 13.0 Å². The van der Waals surface area contributed by atoms with Crippen LogP contribution < -0.4 is 10.2 Å². The molecule has 2 amide bonds. The Balaban J connectivity index is 1.39. The number of urea groups is 1. The number of pyridine rings is 1. The number of aryl methyl sites for hydroxylation is 1. The number of carboxylic acids is 1. The molecule has 146 valence electrons. The first-order valence-electron chi connectivity index (χ1n) is 9.97. The molecule has 27 heavy (non-hydrogen) atoms. The lowest BCUT2D eigenvalue weighted by Crippen LogP contribution is -2.41. The van der Waals surface area contributed by atoms with E-state index >= 15 is 0 Å². The number of aromatic nitrogens is 1. The minimum Gasteiger partial charge on any atom is -0.481 e. The number of fused-ring (bicyclic) bond motifs is 1. The van der Waals surface area contributed by atoms with Gasteiger partial charge >= 0.3 is 12.0 Å². The molecule has 2 N–H and O–H groups in total. The second kappa shape index (κ2) is 7.02. The molecule has 1 aliphatic carbocycles. The van der Waals surface area contributed by atoms with Gasteiger partial charge in [0.2, 0.25) is 0 Å². The van der Waals surface area contributed by atoms with E-state index in [9.17, 15) is 14.7 Å². The third-order valence-electron chi connectivity index (χ3n) is 6.46. The number of anilines is 1. The Hall–Kier alpha value is -2.31. The first kappa shape index (κ1) is 18.1. The number of nitrogens with zero attached hydrogens (tertiary/aromatic N) is 3. The molecule has 1 aromatic heterocycles. The first-order valence-corrected chi connectivity index (χ1v) is 9.97. The summed E-state index contributed by atoms with van der Waals surface area (Å²) in [5, 5.41) is 12.7. The molecule has 2 saturated heterocycles. The number of nitrogens with one attached hydrogen (secondary N) is 1. The molecule has 2 aliphatic heterocycles. The summed E-state index contributed by atoms with van der Waals surface area (Å²) < 4.78 is 0. The molecule has 0 unspecified atom stereocenters. The van der Waals surface area contributed by atoms with Gasteiger partial charge < -0.3 is 20.2 Å². The monoisotopic (exact) mass is 372 g/mol. The van der Waals surface area contributed by atoms with Gasteiger partial charge in [0.25, 0.3) is 0 Å². The van der Waals surface area contributed by atoms with Crippen LogP contribution in [0.2, 0.25) is 0 Å². The van der Waals surface area contributed by atoms with Crippen molar-refractivity contribution in [2.24, 2.45) is 11.3 Å². The SMILES string of the molecule is Cc1cc(CNC(=O)N2C[C@@H]3CCC[C@@]3(C(=O)O)C2)cc(N2CCCC2)n1. The maximum absolute atomic E-state index is 12.6. The average molecular weight is 372 g/mol. The van der Waals surface area contributed by atoms with Crippen molar-refractivity contribution in [1.82, 2.24) is 15.2 Å². The fourth-order valence-electron chi connectivity index (χ4n) is 5.01. The molecule has 3 heterocycles. The van der Waals surface area contributed by atoms with Crippen LogP contribution in [0, 0.1) is 18.3 Å². The molecule has 4 rings (SSSR count). The molecule has 0 aromatic carbocycles. The van der Waals surface area contributed by atoms with Crippen LogP contribution in [-0.4, -0.2) is 53.2 Å². The normalized spacial score (nSPS) is 27.1. The summed E-state index contributed by atoms with van der Waals surface area (Å²) in [6, 6.07) is 3.88. The van der Waals surface area contributed by atoms with Crippen molar-refractivity contribution < 1.29 is 14.7 Å². The number of rotatable bonds is 4. The Morgan fingerprint density at radius 3 is 2.78 bits per heavy atom. The van der Waals surface area contributed by atoms with E-state index in [0.717, 1.165) is 43.0 Å². The van der Waals surface area contributed by atoms with Gasteiger partial charge in [-0.2, -0.15) is 0 Å². The Morgan fingerprint density at radius 2 is 2.07 bits per heavy atom. The Kier molecular flexibility index (Phi) is 4.70. The summed E-state index contributed by atoms with van der Waals surface area (Å²) in [7, 11) is 0. The van der Waals surface area contributed by atoms with Crippen LogP contribution in [0.15, 0.2) is 12.1 Å². The first-order chi connectivity index (χ1) is 13.0. The number of likely N-dealkylation sites (tertiary alicyclic amines) is 1. The molecular formula is C20H28N4O3. The van der Waals surface area contributed by atoms with Gasteiger partial charge in [0, 0.05) is 38.4 Å². The van der Waals surface area contributed by atoms with Crippen molar-refractivity contribution in [2.75, 3.05) is 31.1 Å². The Bertz CT molecular complexity index is 747. The minimum absolute atomic E-state index is 0.0886. The van der Waals surface area contributed by atoms with Crippen molar-refractivity contribution in [3.05, 3.63) is 23.4 Å². The number of aliphatic carboxylic acids is 1. The summed E-state index contributed by atoms with van der Waals surface area (Å²) in [5.41, 5.74) is 1.25. The molecule has 1 saturated carbocycles. The van der Waals surface area contributed by atoms with Crippen LogP contribution >= 0.6 is 0 Å². The highest BCUT2D eigenvalue weighted by atomic mass is 16.4. The highest BCUT2D eigenvalue weighted by Crippen LogP contribution is 2.48. The van der Waals surface area contributed by atoms with Gasteiger partial charge in [-0.15, -0.1) is 0 Å². The maximum Gasteiger partial charge on any atom is 0.317 e. The highest BCUT2D eigenvalue weighted by Gasteiger charge is 2.55. The Morgan fingerprint density at radius 1 is 1.30 bits per heavy atom. The zero-order valence-electron chi connectivity index (χ0n) is 15.9. The van der Waals surface area contributed by atoms with E-state index in [-0.39, 0.29) is 11.9 Å². The van der Waals surface area contributed by atoms with Gasteiger partial charge in [0.05, 0.1) is 5.41 Å². The summed E-state index contributed by atoms with van der Waals surface area (Å²) in [4.78, 5) is 33.0. The molecule has 1 aromatic rings. The van der Waals surface area contributed by atoms with Crippen molar-refractivity contribution in [2.45, 2.75) is 45.6 Å². The molecule has 0 spiro atoms. The van der Waals surface area contributed by atoms with Crippen molar-refractivity contribution >= 4 is 17.8 Å². The number of carbonyl (C=O) groups excluding carboxylic acids is 1. The second-order valence-electron chi connectivity index (χ2n) is 8.26. The van der Waals surface area contributed by atoms with Crippen LogP contribution in [0.1, 0.15) is 43.4 Å². The van der Waals surface area contributed by atoms with Gasteiger partial charge in [0.15, 0.2) is 0 Å². The summed E-state index contributed by atoms with van der Waals surface area (Å²) >= 11 is 0. The second-order valence-corrected chi connectivity index (χ2v) is 8.26. The number of hydrogen-bond acceptors (Lipinski definition) is 4. The number of hydrogen-bond donors (Lipinski definition) is 2. The van der Waals surface area contributed by atoms with Gasteiger partial charge in [0.1, 0.15) is 5.82 Å². The molecule has 2 atom stereocenters. The van der Waals surface area contributed by atoms with Crippen LogP contribution in [0.4, 0.5) is 10.6 Å². The summed E-state index contributed by atoms with van der Waals surface area (Å²) in [5.74, 6) is 0.322. The van der Waals surface area contributed by atoms with Crippen LogP contribution in [0.5, 0.6) is 0 Å². The van der Waals surface area contributed by atoms with E-state index in [4.69, 9.17) is 0 Å². The van der Waals surface area contributed by atoms with Crippen LogP contribution in [0.25, 0.3) is 0 Å². The van der Waals surface area contributed by atoms with E-state index in [1.165, 1.54) is 12.8 Å². The largest absolute Gasteiger partial charge is 0.481 e. The Labute approximate surface area is 159 Å². The average Bonchev–Trinajstić information content (AvgIpc) is 3.34. The van der Waals surface area contributed by atoms with Crippen molar-refractivity contribution in [3.8, 4) is 0 Å². The molecule has 3 fully saturated rings. The molecule has 7 nitrogen and oxygen atoms in total. The quantitative estimate of drug-likeness (QED) is 0.848. The highest BCUT2D eigenvalue weighted by molar-refractivity contribution is 5.80. The fourth-order valence-corrected chi connectivity index (χ4v) is 5.01. The summed E-state index contributed by atoms with van der Waals surface area (Å²) in [6.07, 6.45) is 4.92. The topological polar surface area (TPSA) is 85.8 Å². The summed E-state index contributed by atoms with van der Waals surface area (Å²) in [6.45, 7) is 5.36. The zero-order chi connectivity index (χ0) is 19.0. The zero-order valence-corrected chi connectivity index (χ0v) is 15.9. The molecule has 0 radical (unpaired) electrons. The lowest BCUT2D eigenvalue weighted by Gasteiger charge is -2.23. The van der Waals surface area contributed by atoms with Gasteiger partial charge in [-0.3, -0.25) is 4.79 Å². The van der Waals surface area contributed by atoms with Gasteiger partial charge in [-0.1, -0.05) is 6.42 Å². The smallest absolute Gasteiger partial charge is 0.317 e. The lowest BCUT2D eigenvalue weighted by atomic mass is 9.81. The lowest BCUT2D eigenvalue weighted by molar-refractivity contribution is -0.149. The van der Waals surface area contributed by atoms with E-state index in [0.29, 0.717) is 26.1 Å². The van der Waals surface area contributed by atoms with Gasteiger partial charge in [-0.05, 0) is 56.2 Å². The number of carboxylic acid groups (broad SMARTS) is 1. The number of amides is 2. The van der Waals surface area contributed by atoms with Crippen LogP contribution in [0.3, 0.4) is 0 Å². The molecule has 3 aliphatic rings. The third-order valence-corrected chi connectivity index (χ3v) is 6.46. The standard InChI is InChI=1S/C20H28N4O3/c1-14-9-15(10-17(22-14)23-7-2-3-8-23)11-21-19(27)24-12-16-5-4-6-20(16,13-24)18(25)26/h9-10,16H,2-8,11-13H2,1H3,(H,21,27)(H,25,26)/t16-,20+/m0/s1. The fraction of sp³-hybridized carbons (Fsp3) is 0.650. The maximum atomic E-state index is 12.6. The molecular weight excluding hydrogens is 344 g/mol. The minimum atomic E-state index is -0.750. The van der Waals surface area contributed by atoms with Gasteiger partial charge in [-0.25, -0.2) is 9.78 Å². The molecule has 0 bridgehead atoms. The predicted octanol–water partition coefficient (Wildman–Crippen LogP) is 2.39. The predicted molar refractivity (Wildman–Crippen MR) is 102 cm³/mol. The number of carbonyl (C=O) groups is 2. The molecule has 7 heteroatoms. The van der Waals surface area contributed by atoms with E-state index in [2.05, 4.69) is 21.3 Å². The van der Waals surface area contributed by atoms with Crippen LogP contribution in [-0.2, 0) is 11.3 Å². The van der Waals surface area contributed by atoms with Crippen molar-refractivity contribution in [3.63, 3.8) is 0 Å².